The van der Waals surface area contributed by atoms with Gasteiger partial charge in [0.25, 0.3) is 0 Å². The molecule has 0 unspecified atom stereocenters. The van der Waals surface area contributed by atoms with E-state index < -0.39 is 6.36 Å². The van der Waals surface area contributed by atoms with E-state index in [9.17, 15) is 13.2 Å². The van der Waals surface area contributed by atoms with Crippen LogP contribution < -0.4 is 4.74 Å². The molecule has 0 saturated carbocycles. The molecule has 2 aromatic carbocycles. The summed E-state index contributed by atoms with van der Waals surface area (Å²) in [6.45, 7) is 0. The van der Waals surface area contributed by atoms with Crippen molar-refractivity contribution in [1.29, 1.82) is 5.26 Å². The van der Waals surface area contributed by atoms with Crippen molar-refractivity contribution in [1.82, 2.24) is 0 Å². The van der Waals surface area contributed by atoms with Crippen molar-refractivity contribution in [3.63, 3.8) is 0 Å². The van der Waals surface area contributed by atoms with Crippen LogP contribution in [0.5, 0.6) is 5.75 Å². The summed E-state index contributed by atoms with van der Waals surface area (Å²) in [7, 11) is 0. The highest BCUT2D eigenvalue weighted by molar-refractivity contribution is 5.91. The monoisotopic (exact) mass is 251 g/mol. The highest BCUT2D eigenvalue weighted by Crippen LogP contribution is 2.32. The predicted molar refractivity (Wildman–Crippen MR) is 59.9 cm³/mol. The molecule has 0 radical (unpaired) electrons. The number of alkyl halides is 3. The van der Waals surface area contributed by atoms with E-state index >= 15 is 0 Å². The molecule has 0 saturated heterocycles. The maximum absolute atomic E-state index is 12.2. The van der Waals surface area contributed by atoms with Gasteiger partial charge in [-0.25, -0.2) is 0 Å². The first kappa shape index (κ1) is 12.2. The van der Waals surface area contributed by atoms with Crippen LogP contribution in [0.1, 0.15) is 5.56 Å². The molecule has 92 valence electrons. The summed E-state index contributed by atoms with van der Waals surface area (Å²) in [5.74, 6) is -0.250. The lowest BCUT2D eigenvalue weighted by Crippen LogP contribution is -2.17. The Bertz CT molecular complexity index is 614. The van der Waals surface area contributed by atoms with Crippen molar-refractivity contribution < 1.29 is 17.9 Å². The van der Waals surface area contributed by atoms with Gasteiger partial charge in [0.05, 0.1) is 12.5 Å². The number of hydrogen-bond acceptors (Lipinski definition) is 2. The van der Waals surface area contributed by atoms with Crippen LogP contribution in [0.25, 0.3) is 10.8 Å². The second kappa shape index (κ2) is 4.57. The minimum Gasteiger partial charge on any atom is -0.405 e. The zero-order valence-corrected chi connectivity index (χ0v) is 9.16. The third-order valence-electron chi connectivity index (χ3n) is 2.47. The molecule has 0 aliphatic heterocycles. The van der Waals surface area contributed by atoms with Gasteiger partial charge in [-0.05, 0) is 17.0 Å². The largest absolute Gasteiger partial charge is 0.573 e. The van der Waals surface area contributed by atoms with Gasteiger partial charge in [-0.3, -0.25) is 0 Å². The number of nitriles is 1. The van der Waals surface area contributed by atoms with Gasteiger partial charge in [0.1, 0.15) is 5.75 Å². The average molecular weight is 251 g/mol. The van der Waals surface area contributed by atoms with E-state index in [2.05, 4.69) is 4.74 Å². The van der Waals surface area contributed by atoms with Crippen LogP contribution in [0, 0.1) is 11.3 Å². The molecule has 0 aliphatic carbocycles. The second-order valence-corrected chi connectivity index (χ2v) is 3.65. The molecule has 0 spiro atoms. The van der Waals surface area contributed by atoms with E-state index in [-0.39, 0.29) is 12.2 Å². The summed E-state index contributed by atoms with van der Waals surface area (Å²) in [6.07, 6.45) is -4.58. The fourth-order valence-corrected chi connectivity index (χ4v) is 1.79. The van der Waals surface area contributed by atoms with Crippen molar-refractivity contribution in [3.8, 4) is 11.8 Å². The lowest BCUT2D eigenvalue weighted by molar-refractivity contribution is -0.274. The molecule has 2 nitrogen and oxygen atoms in total. The minimum atomic E-state index is -4.72. The molecule has 0 fully saturated rings. The first-order valence-corrected chi connectivity index (χ1v) is 5.14. The van der Waals surface area contributed by atoms with Crippen LogP contribution in [-0.4, -0.2) is 6.36 Å². The molecule has 0 aromatic heterocycles. The Hall–Kier alpha value is -2.22. The highest BCUT2D eigenvalue weighted by atomic mass is 19.4. The van der Waals surface area contributed by atoms with E-state index in [0.717, 1.165) is 0 Å². The summed E-state index contributed by atoms with van der Waals surface area (Å²) in [4.78, 5) is 0. The van der Waals surface area contributed by atoms with Crippen molar-refractivity contribution >= 4 is 10.8 Å². The molecule has 18 heavy (non-hydrogen) atoms. The van der Waals surface area contributed by atoms with Crippen LogP contribution in [-0.2, 0) is 6.42 Å². The molecular weight excluding hydrogens is 243 g/mol. The molecule has 2 aromatic rings. The first-order chi connectivity index (χ1) is 8.51. The average Bonchev–Trinajstić information content (AvgIpc) is 2.31. The third kappa shape index (κ3) is 2.54. The number of ether oxygens (including phenoxy) is 1. The minimum absolute atomic E-state index is 0.146. The van der Waals surface area contributed by atoms with E-state index in [1.54, 1.807) is 18.2 Å². The summed E-state index contributed by atoms with van der Waals surface area (Å²) in [5, 5.41) is 9.62. The molecule has 0 N–H and O–H groups in total. The Morgan fingerprint density at radius 2 is 1.72 bits per heavy atom. The zero-order valence-electron chi connectivity index (χ0n) is 9.16. The SMILES string of the molecule is N#CCc1ccc(OC(F)(F)F)c2ccccc12. The van der Waals surface area contributed by atoms with Crippen LogP contribution in [0.15, 0.2) is 36.4 Å². The number of hydrogen-bond donors (Lipinski definition) is 0. The third-order valence-corrected chi connectivity index (χ3v) is 2.47. The van der Waals surface area contributed by atoms with E-state index in [4.69, 9.17) is 5.26 Å². The van der Waals surface area contributed by atoms with Crippen molar-refractivity contribution in [3.05, 3.63) is 42.0 Å². The number of rotatable bonds is 2. The van der Waals surface area contributed by atoms with Crippen molar-refractivity contribution in [2.75, 3.05) is 0 Å². The van der Waals surface area contributed by atoms with Gasteiger partial charge in [0, 0.05) is 5.39 Å². The molecule has 0 heterocycles. The first-order valence-electron chi connectivity index (χ1n) is 5.14. The molecule has 0 aliphatic rings. The summed E-state index contributed by atoms with van der Waals surface area (Å²) in [5.41, 5.74) is 0.683. The highest BCUT2D eigenvalue weighted by Gasteiger charge is 2.31. The molecule has 0 atom stereocenters. The quantitative estimate of drug-likeness (QED) is 0.813. The van der Waals surface area contributed by atoms with Crippen LogP contribution in [0.2, 0.25) is 0 Å². The van der Waals surface area contributed by atoms with E-state index in [1.807, 2.05) is 6.07 Å². The van der Waals surface area contributed by atoms with E-state index in [1.165, 1.54) is 18.2 Å². The lowest BCUT2D eigenvalue weighted by atomic mass is 10.0. The van der Waals surface area contributed by atoms with Crippen molar-refractivity contribution in [2.45, 2.75) is 12.8 Å². The van der Waals surface area contributed by atoms with Crippen molar-refractivity contribution in [2.24, 2.45) is 0 Å². The molecule has 2 rings (SSSR count). The Morgan fingerprint density at radius 1 is 1.06 bits per heavy atom. The van der Waals surface area contributed by atoms with Gasteiger partial charge in [-0.1, -0.05) is 30.3 Å². The van der Waals surface area contributed by atoms with Gasteiger partial charge in [-0.2, -0.15) is 5.26 Å². The summed E-state index contributed by atoms with van der Waals surface area (Å²) < 4.78 is 40.7. The summed E-state index contributed by atoms with van der Waals surface area (Å²) >= 11 is 0. The number of fused-ring (bicyclic) bond motifs is 1. The number of halogens is 3. The van der Waals surface area contributed by atoms with Gasteiger partial charge in [0.15, 0.2) is 0 Å². The standard InChI is InChI=1S/C13H8F3NO/c14-13(15,16)18-12-6-5-9(7-8-17)10-3-1-2-4-11(10)12/h1-6H,7H2. The van der Waals surface area contributed by atoms with Crippen LogP contribution in [0.3, 0.4) is 0 Å². The topological polar surface area (TPSA) is 33.0 Å². The van der Waals surface area contributed by atoms with Crippen LogP contribution >= 0.6 is 0 Å². The molecule has 0 bridgehead atoms. The fourth-order valence-electron chi connectivity index (χ4n) is 1.79. The maximum Gasteiger partial charge on any atom is 0.573 e. The number of benzene rings is 2. The fraction of sp³-hybridized carbons (Fsp3) is 0.154. The van der Waals surface area contributed by atoms with Crippen LogP contribution in [0.4, 0.5) is 13.2 Å². The number of nitrogens with zero attached hydrogens (tertiary/aromatic N) is 1. The predicted octanol–water partition coefficient (Wildman–Crippen LogP) is 3.80. The van der Waals surface area contributed by atoms with Gasteiger partial charge < -0.3 is 4.74 Å². The van der Waals surface area contributed by atoms with Gasteiger partial charge in [-0.15, -0.1) is 13.2 Å². The zero-order chi connectivity index (χ0) is 13.2. The molecular formula is C13H8F3NO. The Balaban J connectivity index is 2.58. The van der Waals surface area contributed by atoms with E-state index in [0.29, 0.717) is 16.3 Å². The molecule has 5 heteroatoms. The molecule has 0 amide bonds. The smallest absolute Gasteiger partial charge is 0.405 e. The van der Waals surface area contributed by atoms with Gasteiger partial charge >= 0.3 is 6.36 Å². The summed E-state index contributed by atoms with van der Waals surface area (Å²) in [6, 6.07) is 11.2. The second-order valence-electron chi connectivity index (χ2n) is 3.65. The Morgan fingerprint density at radius 3 is 2.33 bits per heavy atom. The Kier molecular flexibility index (Phi) is 3.11. The van der Waals surface area contributed by atoms with Gasteiger partial charge in [0.2, 0.25) is 0 Å². The Labute approximate surface area is 101 Å². The lowest BCUT2D eigenvalue weighted by Gasteiger charge is -2.12. The maximum atomic E-state index is 12.2. The normalized spacial score (nSPS) is 11.2.